The number of halogens is 2. The number of benzene rings is 1. The number of hydrogen-bond donors (Lipinski definition) is 1. The molecule has 1 aromatic heterocycles. The number of nitrogens with two attached hydrogens (primary N) is 1. The van der Waals surface area contributed by atoms with Gasteiger partial charge in [-0.25, -0.2) is 8.78 Å². The summed E-state index contributed by atoms with van der Waals surface area (Å²) in [5.41, 5.74) is 6.60. The first-order valence-corrected chi connectivity index (χ1v) is 7.11. The van der Waals surface area contributed by atoms with Crippen molar-refractivity contribution in [2.24, 2.45) is 5.73 Å². The van der Waals surface area contributed by atoms with E-state index in [1.807, 2.05) is 16.9 Å². The summed E-state index contributed by atoms with van der Waals surface area (Å²) in [6.07, 6.45) is 3.31. The quantitative estimate of drug-likeness (QED) is 0.916. The molecule has 0 spiro atoms. The van der Waals surface area contributed by atoms with Gasteiger partial charge >= 0.3 is 0 Å². The number of nitrogens with zero attached hydrogens (tertiary/aromatic N) is 2. The minimum Gasteiger partial charge on any atom is -0.321 e. The predicted octanol–water partition coefficient (Wildman–Crippen LogP) is 3.55. The lowest BCUT2D eigenvalue weighted by molar-refractivity contribution is 0.448. The van der Waals surface area contributed by atoms with E-state index in [9.17, 15) is 8.78 Å². The summed E-state index contributed by atoms with van der Waals surface area (Å²) in [5, 5.41) is 4.49. The molecule has 21 heavy (non-hydrogen) atoms. The van der Waals surface area contributed by atoms with E-state index in [1.165, 1.54) is 12.1 Å². The molecule has 0 aliphatic heterocycles. The second-order valence-electron chi connectivity index (χ2n) is 5.80. The normalized spacial score (nSPS) is 15.7. The zero-order valence-electron chi connectivity index (χ0n) is 12.6. The molecule has 0 fully saturated rings. The Morgan fingerprint density at radius 2 is 1.90 bits per heavy atom. The molecule has 2 unspecified atom stereocenters. The minimum atomic E-state index is -0.877. The van der Waals surface area contributed by atoms with Crippen LogP contribution in [-0.2, 0) is 12.0 Å². The van der Waals surface area contributed by atoms with Crippen LogP contribution in [-0.4, -0.2) is 9.78 Å². The van der Waals surface area contributed by atoms with Gasteiger partial charge in [0.15, 0.2) is 0 Å². The van der Waals surface area contributed by atoms with E-state index >= 15 is 0 Å². The molecule has 0 amide bonds. The molecule has 114 valence electrons. The Morgan fingerprint density at radius 1 is 1.29 bits per heavy atom. The van der Waals surface area contributed by atoms with E-state index in [-0.39, 0.29) is 0 Å². The molecule has 2 N–H and O–H groups in total. The average Bonchev–Trinajstić information content (AvgIpc) is 2.84. The van der Waals surface area contributed by atoms with Crippen molar-refractivity contribution in [3.05, 3.63) is 53.4 Å². The second kappa shape index (κ2) is 5.93. The fourth-order valence-corrected chi connectivity index (χ4v) is 2.27. The maximum absolute atomic E-state index is 13.3. The van der Waals surface area contributed by atoms with Gasteiger partial charge in [0.2, 0.25) is 0 Å². The highest BCUT2D eigenvalue weighted by Gasteiger charge is 2.24. The Hall–Kier alpha value is -1.75. The fraction of sp³-hybridized carbons (Fsp3) is 0.438. The first-order valence-electron chi connectivity index (χ1n) is 7.11. The van der Waals surface area contributed by atoms with Crippen molar-refractivity contribution in [3.63, 3.8) is 0 Å². The fourth-order valence-electron chi connectivity index (χ4n) is 2.27. The van der Waals surface area contributed by atoms with Gasteiger partial charge < -0.3 is 5.73 Å². The first kappa shape index (κ1) is 15.6. The van der Waals surface area contributed by atoms with Gasteiger partial charge in [-0.2, -0.15) is 5.10 Å². The summed E-state index contributed by atoms with van der Waals surface area (Å²) < 4.78 is 28.6. The van der Waals surface area contributed by atoms with Gasteiger partial charge in [-0.05, 0) is 44.0 Å². The van der Waals surface area contributed by atoms with Crippen LogP contribution in [0.4, 0.5) is 8.78 Å². The van der Waals surface area contributed by atoms with Gasteiger partial charge in [-0.1, -0.05) is 6.92 Å². The van der Waals surface area contributed by atoms with Crippen LogP contribution >= 0.6 is 0 Å². The minimum absolute atomic E-state index is 0.314. The van der Waals surface area contributed by atoms with Crippen molar-refractivity contribution in [2.75, 3.05) is 0 Å². The van der Waals surface area contributed by atoms with Crippen LogP contribution in [0.15, 0.2) is 30.5 Å². The summed E-state index contributed by atoms with van der Waals surface area (Å²) >= 11 is 0. The van der Waals surface area contributed by atoms with Crippen LogP contribution in [0.25, 0.3) is 0 Å². The molecule has 0 saturated carbocycles. The molecule has 0 bridgehead atoms. The largest absolute Gasteiger partial charge is 0.321 e. The van der Waals surface area contributed by atoms with Gasteiger partial charge in [-0.3, -0.25) is 4.68 Å². The Kier molecular flexibility index (Phi) is 4.42. The van der Waals surface area contributed by atoms with E-state index in [2.05, 4.69) is 18.9 Å². The Labute approximate surface area is 123 Å². The monoisotopic (exact) mass is 293 g/mol. The Balaban J connectivity index is 2.22. The number of rotatable bonds is 5. The van der Waals surface area contributed by atoms with Crippen LogP contribution in [0.5, 0.6) is 0 Å². The third kappa shape index (κ3) is 3.67. The van der Waals surface area contributed by atoms with Crippen LogP contribution in [0, 0.1) is 11.6 Å². The molecular formula is C16H21F2N3. The van der Waals surface area contributed by atoms with E-state index in [0.29, 0.717) is 18.0 Å². The van der Waals surface area contributed by atoms with Gasteiger partial charge in [0.05, 0.1) is 5.69 Å². The molecule has 0 aliphatic carbocycles. The zero-order chi connectivity index (χ0) is 15.6. The molecule has 2 rings (SSSR count). The second-order valence-corrected chi connectivity index (χ2v) is 5.80. The highest BCUT2D eigenvalue weighted by atomic mass is 19.1. The van der Waals surface area contributed by atoms with Crippen molar-refractivity contribution in [2.45, 2.75) is 45.2 Å². The van der Waals surface area contributed by atoms with Crippen molar-refractivity contribution in [1.29, 1.82) is 0 Å². The SMILES string of the molecule is CCC(C)n1ccc(CC(C)(N)c2cc(F)cc(F)c2)n1. The first-order chi connectivity index (χ1) is 9.81. The van der Waals surface area contributed by atoms with Crippen molar-refractivity contribution >= 4 is 0 Å². The van der Waals surface area contributed by atoms with Gasteiger partial charge in [0.25, 0.3) is 0 Å². The van der Waals surface area contributed by atoms with E-state index in [4.69, 9.17) is 5.73 Å². The maximum atomic E-state index is 13.3. The smallest absolute Gasteiger partial charge is 0.126 e. The van der Waals surface area contributed by atoms with Crippen LogP contribution in [0.3, 0.4) is 0 Å². The summed E-state index contributed by atoms with van der Waals surface area (Å²) in [7, 11) is 0. The van der Waals surface area contributed by atoms with Crippen LogP contribution in [0.1, 0.15) is 44.5 Å². The van der Waals surface area contributed by atoms with Crippen LogP contribution < -0.4 is 5.73 Å². The van der Waals surface area contributed by atoms with Crippen molar-refractivity contribution in [3.8, 4) is 0 Å². The zero-order valence-corrected chi connectivity index (χ0v) is 12.6. The Bertz CT molecular complexity index is 599. The molecule has 2 atom stereocenters. The predicted molar refractivity (Wildman–Crippen MR) is 78.8 cm³/mol. The molecule has 0 aliphatic rings. The lowest BCUT2D eigenvalue weighted by Crippen LogP contribution is -2.36. The highest BCUT2D eigenvalue weighted by Crippen LogP contribution is 2.24. The van der Waals surface area contributed by atoms with Crippen molar-refractivity contribution < 1.29 is 8.78 Å². The lowest BCUT2D eigenvalue weighted by Gasteiger charge is -2.24. The molecule has 0 saturated heterocycles. The number of hydrogen-bond acceptors (Lipinski definition) is 2. The lowest BCUT2D eigenvalue weighted by atomic mass is 9.88. The molecule has 1 aromatic carbocycles. The summed E-state index contributed by atoms with van der Waals surface area (Å²) in [5.74, 6) is -1.24. The van der Waals surface area contributed by atoms with Crippen LogP contribution in [0.2, 0.25) is 0 Å². The summed E-state index contributed by atoms with van der Waals surface area (Å²) in [6, 6.07) is 5.60. The molecule has 0 radical (unpaired) electrons. The highest BCUT2D eigenvalue weighted by molar-refractivity contribution is 5.27. The molecule has 3 nitrogen and oxygen atoms in total. The Morgan fingerprint density at radius 3 is 2.48 bits per heavy atom. The van der Waals surface area contributed by atoms with E-state index in [1.54, 1.807) is 6.92 Å². The standard InChI is InChI=1S/C16H21F2N3/c1-4-11(2)21-6-5-15(20-21)10-16(3,19)12-7-13(17)9-14(18)8-12/h5-9,11H,4,10,19H2,1-3H3. The van der Waals surface area contributed by atoms with E-state index in [0.717, 1.165) is 18.2 Å². The van der Waals surface area contributed by atoms with E-state index < -0.39 is 17.2 Å². The molecule has 5 heteroatoms. The molecular weight excluding hydrogens is 272 g/mol. The van der Waals surface area contributed by atoms with Crippen molar-refractivity contribution in [1.82, 2.24) is 9.78 Å². The van der Waals surface area contributed by atoms with Gasteiger partial charge in [-0.15, -0.1) is 0 Å². The van der Waals surface area contributed by atoms with Gasteiger partial charge in [0, 0.05) is 30.3 Å². The maximum Gasteiger partial charge on any atom is 0.126 e. The third-order valence-corrected chi connectivity index (χ3v) is 3.78. The topological polar surface area (TPSA) is 43.8 Å². The summed E-state index contributed by atoms with van der Waals surface area (Å²) in [4.78, 5) is 0. The molecule has 1 heterocycles. The molecule has 2 aromatic rings. The summed E-state index contributed by atoms with van der Waals surface area (Å²) in [6.45, 7) is 5.93. The third-order valence-electron chi connectivity index (χ3n) is 3.78. The average molecular weight is 293 g/mol. The van der Waals surface area contributed by atoms with Gasteiger partial charge in [0.1, 0.15) is 11.6 Å². The number of aromatic nitrogens is 2.